The van der Waals surface area contributed by atoms with Crippen molar-refractivity contribution in [2.24, 2.45) is 0 Å². The first-order valence-corrected chi connectivity index (χ1v) is 10.1. The highest BCUT2D eigenvalue weighted by Gasteiger charge is 2.51. The lowest BCUT2D eigenvalue weighted by Crippen LogP contribution is -2.46. The molecule has 0 amide bonds. The highest BCUT2D eigenvalue weighted by molar-refractivity contribution is 6.62. The van der Waals surface area contributed by atoms with Gasteiger partial charge in [0.25, 0.3) is 0 Å². The summed E-state index contributed by atoms with van der Waals surface area (Å²) in [6.45, 7) is 12.2. The van der Waals surface area contributed by atoms with Gasteiger partial charge < -0.3 is 14.2 Å². The average molecular weight is 398 g/mol. The number of rotatable bonds is 4. The normalized spacial score (nSPS) is 21.6. The van der Waals surface area contributed by atoms with Crippen LogP contribution in [-0.2, 0) is 15.9 Å². The predicted octanol–water partition coefficient (Wildman–Crippen LogP) is 2.24. The standard InChI is InChI=1S/C21H28BFN4O2/c1-20(2)21(3,4)29-22(28-20)17-5-6-19(25-14-17)27-11-9-26(10-12-27)15-16-13-24-8-7-18(16)23/h5-8,13-14H,9-12,15H2,1-4H3. The molecule has 8 heteroatoms. The molecule has 2 aromatic rings. The maximum Gasteiger partial charge on any atom is 0.496 e. The zero-order valence-electron chi connectivity index (χ0n) is 17.6. The van der Waals surface area contributed by atoms with Crippen molar-refractivity contribution >= 4 is 18.4 Å². The van der Waals surface area contributed by atoms with E-state index < -0.39 is 7.12 Å². The van der Waals surface area contributed by atoms with Crippen LogP contribution in [0.1, 0.15) is 33.3 Å². The van der Waals surface area contributed by atoms with Crippen molar-refractivity contribution in [1.82, 2.24) is 14.9 Å². The van der Waals surface area contributed by atoms with Crippen LogP contribution in [0.2, 0.25) is 0 Å². The number of anilines is 1. The van der Waals surface area contributed by atoms with Crippen molar-refractivity contribution in [3.05, 3.63) is 48.2 Å². The minimum Gasteiger partial charge on any atom is -0.399 e. The molecule has 0 aliphatic carbocycles. The molecule has 2 saturated heterocycles. The third kappa shape index (κ3) is 4.15. The van der Waals surface area contributed by atoms with E-state index in [1.807, 2.05) is 46.0 Å². The van der Waals surface area contributed by atoms with Crippen molar-refractivity contribution in [3.63, 3.8) is 0 Å². The molecule has 2 aromatic heterocycles. The summed E-state index contributed by atoms with van der Waals surface area (Å²) in [4.78, 5) is 13.2. The fourth-order valence-corrected chi connectivity index (χ4v) is 3.61. The highest BCUT2D eigenvalue weighted by atomic mass is 19.1. The molecule has 4 rings (SSSR count). The molecule has 29 heavy (non-hydrogen) atoms. The molecule has 6 nitrogen and oxygen atoms in total. The fourth-order valence-electron chi connectivity index (χ4n) is 3.61. The van der Waals surface area contributed by atoms with Gasteiger partial charge in [0.2, 0.25) is 0 Å². The third-order valence-electron chi connectivity index (χ3n) is 6.23. The Kier molecular flexibility index (Phi) is 5.35. The van der Waals surface area contributed by atoms with E-state index in [-0.39, 0.29) is 17.0 Å². The Morgan fingerprint density at radius 3 is 2.28 bits per heavy atom. The summed E-state index contributed by atoms with van der Waals surface area (Å²) in [6.07, 6.45) is 4.93. The number of hydrogen-bond donors (Lipinski definition) is 0. The van der Waals surface area contributed by atoms with Crippen LogP contribution < -0.4 is 10.4 Å². The van der Waals surface area contributed by atoms with Crippen molar-refractivity contribution in [1.29, 1.82) is 0 Å². The zero-order chi connectivity index (χ0) is 20.6. The minimum absolute atomic E-state index is 0.192. The zero-order valence-corrected chi connectivity index (χ0v) is 17.6. The maximum absolute atomic E-state index is 13.8. The number of piperazine rings is 1. The fraction of sp³-hybridized carbons (Fsp3) is 0.524. The van der Waals surface area contributed by atoms with Gasteiger partial charge in [0.1, 0.15) is 11.6 Å². The molecule has 0 atom stereocenters. The van der Waals surface area contributed by atoms with E-state index in [0.717, 1.165) is 37.5 Å². The quantitative estimate of drug-likeness (QED) is 0.737. The van der Waals surface area contributed by atoms with Crippen LogP contribution in [0.3, 0.4) is 0 Å². The van der Waals surface area contributed by atoms with Crippen LogP contribution in [0.4, 0.5) is 10.2 Å². The topological polar surface area (TPSA) is 50.7 Å². The van der Waals surface area contributed by atoms with Gasteiger partial charge in [-0.05, 0) is 39.8 Å². The van der Waals surface area contributed by atoms with Gasteiger partial charge >= 0.3 is 7.12 Å². The van der Waals surface area contributed by atoms with Gasteiger partial charge in [-0.3, -0.25) is 9.88 Å². The van der Waals surface area contributed by atoms with Gasteiger partial charge in [0.15, 0.2) is 0 Å². The predicted molar refractivity (Wildman–Crippen MR) is 112 cm³/mol. The molecule has 154 valence electrons. The first-order valence-electron chi connectivity index (χ1n) is 10.1. The Bertz CT molecular complexity index is 838. The van der Waals surface area contributed by atoms with Crippen molar-refractivity contribution in [2.45, 2.75) is 45.4 Å². The molecular weight excluding hydrogens is 370 g/mol. The smallest absolute Gasteiger partial charge is 0.399 e. The van der Waals surface area contributed by atoms with E-state index in [2.05, 4.69) is 19.8 Å². The van der Waals surface area contributed by atoms with E-state index in [4.69, 9.17) is 9.31 Å². The first kappa shape index (κ1) is 20.3. The van der Waals surface area contributed by atoms with Gasteiger partial charge in [-0.2, -0.15) is 0 Å². The lowest BCUT2D eigenvalue weighted by molar-refractivity contribution is 0.00578. The van der Waals surface area contributed by atoms with Crippen LogP contribution in [0, 0.1) is 5.82 Å². The van der Waals surface area contributed by atoms with Gasteiger partial charge in [-0.1, -0.05) is 6.07 Å². The molecule has 0 saturated carbocycles. The Balaban J connectivity index is 1.34. The Labute approximate surface area is 172 Å². The SMILES string of the molecule is CC1(C)OB(c2ccc(N3CCN(Cc4cnccc4F)CC3)nc2)OC1(C)C. The van der Waals surface area contributed by atoms with Gasteiger partial charge in [-0.25, -0.2) is 9.37 Å². The van der Waals surface area contributed by atoms with Gasteiger partial charge in [0, 0.05) is 62.3 Å². The number of halogens is 1. The number of pyridine rings is 2. The lowest BCUT2D eigenvalue weighted by atomic mass is 9.80. The molecule has 0 aromatic carbocycles. The number of aromatic nitrogens is 2. The summed E-state index contributed by atoms with van der Waals surface area (Å²) in [5.74, 6) is 0.750. The van der Waals surface area contributed by atoms with Crippen molar-refractivity contribution in [2.75, 3.05) is 31.1 Å². The lowest BCUT2D eigenvalue weighted by Gasteiger charge is -2.35. The van der Waals surface area contributed by atoms with Gasteiger partial charge in [-0.15, -0.1) is 0 Å². The third-order valence-corrected chi connectivity index (χ3v) is 6.23. The summed E-state index contributed by atoms with van der Waals surface area (Å²) in [6, 6.07) is 5.47. The monoisotopic (exact) mass is 398 g/mol. The minimum atomic E-state index is -0.396. The second-order valence-electron chi connectivity index (χ2n) is 8.77. The van der Waals surface area contributed by atoms with E-state index >= 15 is 0 Å². The molecule has 2 fully saturated rings. The maximum atomic E-state index is 13.8. The Hall–Kier alpha value is -2.03. The number of hydrogen-bond acceptors (Lipinski definition) is 6. The second-order valence-corrected chi connectivity index (χ2v) is 8.77. The molecule has 0 bridgehead atoms. The van der Waals surface area contributed by atoms with Crippen LogP contribution in [0.15, 0.2) is 36.8 Å². The second kappa shape index (κ2) is 7.67. The average Bonchev–Trinajstić information content (AvgIpc) is 2.92. The molecular formula is C21H28BFN4O2. The van der Waals surface area contributed by atoms with E-state index in [9.17, 15) is 4.39 Å². The molecule has 0 N–H and O–H groups in total. The van der Waals surface area contributed by atoms with Crippen molar-refractivity contribution < 1.29 is 13.7 Å². The highest BCUT2D eigenvalue weighted by Crippen LogP contribution is 2.36. The number of nitrogens with zero attached hydrogens (tertiary/aromatic N) is 4. The molecule has 4 heterocycles. The molecule has 2 aliphatic rings. The summed E-state index contributed by atoms with van der Waals surface area (Å²) in [7, 11) is -0.396. The molecule has 2 aliphatic heterocycles. The summed E-state index contributed by atoms with van der Waals surface area (Å²) in [5.41, 5.74) is 0.852. The van der Waals surface area contributed by atoms with Crippen LogP contribution in [-0.4, -0.2) is 59.4 Å². The Morgan fingerprint density at radius 2 is 1.69 bits per heavy atom. The van der Waals surface area contributed by atoms with E-state index in [1.165, 1.54) is 12.3 Å². The van der Waals surface area contributed by atoms with E-state index in [1.54, 1.807) is 6.20 Å². The van der Waals surface area contributed by atoms with Crippen LogP contribution >= 0.6 is 0 Å². The summed E-state index contributed by atoms with van der Waals surface area (Å²) in [5, 5.41) is 0. The summed E-state index contributed by atoms with van der Waals surface area (Å²) < 4.78 is 26.0. The van der Waals surface area contributed by atoms with E-state index in [0.29, 0.717) is 12.1 Å². The van der Waals surface area contributed by atoms with Crippen LogP contribution in [0.5, 0.6) is 0 Å². The molecule has 0 unspecified atom stereocenters. The van der Waals surface area contributed by atoms with Crippen LogP contribution in [0.25, 0.3) is 0 Å². The largest absolute Gasteiger partial charge is 0.496 e. The summed E-state index contributed by atoms with van der Waals surface area (Å²) >= 11 is 0. The molecule has 0 spiro atoms. The van der Waals surface area contributed by atoms with Crippen molar-refractivity contribution in [3.8, 4) is 0 Å². The van der Waals surface area contributed by atoms with Gasteiger partial charge in [0.05, 0.1) is 11.2 Å². The first-order chi connectivity index (χ1) is 13.7. The Morgan fingerprint density at radius 1 is 1.00 bits per heavy atom. The molecule has 0 radical (unpaired) electrons.